The largest absolute Gasteiger partial charge is 0.387 e. The first-order chi connectivity index (χ1) is 19.0. The van der Waals surface area contributed by atoms with Gasteiger partial charge in [-0.25, -0.2) is 19.9 Å². The Balaban J connectivity index is 0.00000337. The van der Waals surface area contributed by atoms with Gasteiger partial charge in [-0.05, 0) is 23.6 Å². The third-order valence-corrected chi connectivity index (χ3v) is 9.96. The van der Waals surface area contributed by atoms with Crippen LogP contribution in [-0.2, 0) is 59.6 Å². The summed E-state index contributed by atoms with van der Waals surface area (Å²) >= 11 is 15.1. The van der Waals surface area contributed by atoms with Crippen LogP contribution in [0, 0.1) is 0 Å². The number of nitrogens with one attached hydrogen (secondary N) is 1. The molecule has 2 aliphatic heterocycles. The van der Waals surface area contributed by atoms with Crippen molar-refractivity contribution in [3.05, 3.63) is 35.0 Å². The monoisotopic (exact) mass is 665 g/mol. The third kappa shape index (κ3) is 6.11. The number of H-pyrrole nitrogens is 1. The van der Waals surface area contributed by atoms with E-state index < -0.39 is 42.5 Å². The number of aromatic nitrogens is 8. The Morgan fingerprint density at radius 3 is 2.80 bits per heavy atom. The number of nitrogens with zero attached hydrogens (tertiary/aromatic N) is 7. The number of thiol groups is 1. The van der Waals surface area contributed by atoms with E-state index in [0.29, 0.717) is 17.0 Å². The molecule has 6 heterocycles. The van der Waals surface area contributed by atoms with Crippen LogP contribution in [0.25, 0.3) is 22.3 Å². The summed E-state index contributed by atoms with van der Waals surface area (Å²) < 4.78 is 32.0. The number of imidazole rings is 2. The van der Waals surface area contributed by atoms with Crippen molar-refractivity contribution in [1.82, 2.24) is 39.0 Å². The maximum absolute atomic E-state index is 12.3. The van der Waals surface area contributed by atoms with Crippen molar-refractivity contribution in [2.24, 2.45) is 0 Å². The van der Waals surface area contributed by atoms with E-state index in [9.17, 15) is 14.8 Å². The first-order valence-corrected chi connectivity index (χ1v) is 17.9. The number of ether oxygens (including phenoxy) is 1. The van der Waals surface area contributed by atoms with Crippen molar-refractivity contribution >= 4 is 76.6 Å². The standard InChI is InChI=1S/C18H21N9O8P2S3.CH4/c19-18-24-15-11(16(29)25-18)22-7-27(15)17-13-12(28)9(34-17)4-33-37(39,40)31-2-1-26-10(5-32-36(30,38)35-13)23-8-3-20-6-21-14(8)26;/h3,6-7,9,12-13,17,28H,1-2,4-5H2,(H,30,38)(H,39,40)(H3,19,24,25,29);1H4/t9-,12-,13-,17-,36?;/m1./s1. The van der Waals surface area contributed by atoms with Crippen molar-refractivity contribution in [1.29, 1.82) is 0 Å². The zero-order valence-electron chi connectivity index (χ0n) is 20.1. The van der Waals surface area contributed by atoms with Crippen LogP contribution in [0.2, 0.25) is 0 Å². The Morgan fingerprint density at radius 2 is 2.00 bits per heavy atom. The number of nitrogens with two attached hydrogens (primary N) is 1. The number of hydrogen-bond donors (Lipinski definition) is 5. The van der Waals surface area contributed by atoms with Gasteiger partial charge in [-0.1, -0.05) is 19.7 Å². The molecule has 2 unspecified atom stereocenters. The van der Waals surface area contributed by atoms with Gasteiger partial charge in [0.1, 0.15) is 42.6 Å². The normalized spacial score (nSPS) is 31.3. The fourth-order valence-corrected chi connectivity index (χ4v) is 7.27. The summed E-state index contributed by atoms with van der Waals surface area (Å²) in [6, 6.07) is 0. The van der Waals surface area contributed by atoms with Crippen molar-refractivity contribution < 1.29 is 32.8 Å². The lowest BCUT2D eigenvalue weighted by Gasteiger charge is -2.26. The van der Waals surface area contributed by atoms with E-state index in [1.54, 1.807) is 4.57 Å². The second kappa shape index (κ2) is 11.6. The van der Waals surface area contributed by atoms with Gasteiger partial charge in [0.25, 0.3) is 5.56 Å². The van der Waals surface area contributed by atoms with Gasteiger partial charge in [-0.15, -0.1) is 0 Å². The van der Waals surface area contributed by atoms with E-state index >= 15 is 0 Å². The molecule has 6 rings (SSSR count). The number of aliphatic hydroxyl groups excluding tert-OH is 1. The van der Waals surface area contributed by atoms with Crippen molar-refractivity contribution in [3.8, 4) is 0 Å². The summed E-state index contributed by atoms with van der Waals surface area (Å²) in [4.78, 5) is 46.6. The molecule has 2 aliphatic rings. The lowest BCUT2D eigenvalue weighted by atomic mass is 10.1. The summed E-state index contributed by atoms with van der Waals surface area (Å²) in [7, 11) is 0. The summed E-state index contributed by atoms with van der Waals surface area (Å²) in [5.41, 5.74) is 3.04. The minimum Gasteiger partial charge on any atom is -0.387 e. The van der Waals surface area contributed by atoms with Gasteiger partial charge in [0.15, 0.2) is 23.0 Å². The molecule has 1 saturated heterocycles. The van der Waals surface area contributed by atoms with Crippen LogP contribution < -0.4 is 11.3 Å². The molecule has 6 atom stereocenters. The fraction of sp³-hybridized carbons (Fsp3) is 0.474. The minimum atomic E-state index is -4.04. The average Bonchev–Trinajstić information content (AvgIpc) is 3.55. The van der Waals surface area contributed by atoms with E-state index in [-0.39, 0.29) is 50.9 Å². The number of hydrogen-bond acceptors (Lipinski definition) is 15. The molecule has 0 saturated carbocycles. The first-order valence-electron chi connectivity index (χ1n) is 11.5. The Kier molecular flexibility index (Phi) is 8.66. The number of nitrogen functional groups attached to an aromatic ring is 1. The number of aliphatic hydroxyl groups is 1. The zero-order chi connectivity index (χ0) is 28.2. The van der Waals surface area contributed by atoms with Gasteiger partial charge in [0, 0.05) is 6.54 Å². The summed E-state index contributed by atoms with van der Waals surface area (Å²) in [5.74, 6) is 0.187. The van der Waals surface area contributed by atoms with Crippen LogP contribution in [-0.4, -0.2) is 80.6 Å². The molecule has 0 aliphatic carbocycles. The predicted octanol–water partition coefficient (Wildman–Crippen LogP) is 0.756. The van der Waals surface area contributed by atoms with E-state index in [1.807, 2.05) is 0 Å². The smallest absolute Gasteiger partial charge is 0.325 e. The molecule has 1 fully saturated rings. The van der Waals surface area contributed by atoms with Gasteiger partial charge in [0.05, 0.1) is 25.7 Å². The summed E-state index contributed by atoms with van der Waals surface area (Å²) in [5, 5.41) is 11.2. The van der Waals surface area contributed by atoms with E-state index in [2.05, 4.69) is 42.2 Å². The van der Waals surface area contributed by atoms with E-state index in [0.717, 1.165) is 0 Å². The highest BCUT2D eigenvalue weighted by atomic mass is 32.9. The summed E-state index contributed by atoms with van der Waals surface area (Å²) in [6.45, 7) is -4.23. The molecule has 17 nitrogen and oxygen atoms in total. The van der Waals surface area contributed by atoms with E-state index in [4.69, 9.17) is 52.2 Å². The van der Waals surface area contributed by atoms with Crippen molar-refractivity contribution in [2.75, 3.05) is 18.9 Å². The highest BCUT2D eigenvalue weighted by Gasteiger charge is 2.49. The van der Waals surface area contributed by atoms with Crippen LogP contribution in [0.15, 0.2) is 23.6 Å². The predicted molar refractivity (Wildman–Crippen MR) is 156 cm³/mol. The SMILES string of the molecule is C.Nc1nc2c(ncn2[C@@H]2O[C@@H]3COP(=S)(S)OCCn4c(nc5cncnc54)COP(O)(=S)O[C@@H]2[C@@H]3O)c(=O)[nH]1. The highest BCUT2D eigenvalue weighted by molar-refractivity contribution is 8.60. The lowest BCUT2D eigenvalue weighted by Crippen LogP contribution is -2.35. The molecule has 5 N–H and O–H groups in total. The minimum absolute atomic E-state index is 0. The molecule has 222 valence electrons. The van der Waals surface area contributed by atoms with Gasteiger partial charge in [0.2, 0.25) is 11.6 Å². The molecule has 4 aromatic rings. The topological polar surface area (TPSA) is 220 Å². The highest BCUT2D eigenvalue weighted by Crippen LogP contribution is 2.55. The van der Waals surface area contributed by atoms with Gasteiger partial charge < -0.3 is 38.6 Å². The maximum atomic E-state index is 12.3. The van der Waals surface area contributed by atoms with Crippen LogP contribution in [0.5, 0.6) is 0 Å². The first kappa shape index (κ1) is 30.5. The second-order valence-corrected chi connectivity index (χ2v) is 16.7. The molecule has 0 aromatic carbocycles. The Bertz CT molecular complexity index is 1750. The number of fused-ring (bicyclic) bond motifs is 6. The second-order valence-electron chi connectivity index (χ2n) is 8.65. The van der Waals surface area contributed by atoms with Crippen molar-refractivity contribution in [3.63, 3.8) is 0 Å². The van der Waals surface area contributed by atoms with Crippen LogP contribution in [0.1, 0.15) is 19.5 Å². The number of aromatic amines is 1. The lowest BCUT2D eigenvalue weighted by molar-refractivity contribution is -0.0461. The molecule has 0 spiro atoms. The molecule has 0 radical (unpaired) electrons. The Labute approximate surface area is 247 Å². The third-order valence-electron chi connectivity index (χ3n) is 6.11. The Hall–Kier alpha value is -1.93. The Morgan fingerprint density at radius 1 is 1.20 bits per heavy atom. The fourth-order valence-electron chi connectivity index (χ4n) is 4.37. The van der Waals surface area contributed by atoms with Crippen LogP contribution in [0.4, 0.5) is 5.95 Å². The van der Waals surface area contributed by atoms with Gasteiger partial charge >= 0.3 is 6.72 Å². The number of rotatable bonds is 1. The quantitative estimate of drug-likeness (QED) is 0.140. The maximum Gasteiger partial charge on any atom is 0.325 e. The molecular weight excluding hydrogens is 640 g/mol. The molecule has 22 heteroatoms. The molecular formula is C19H25N9O8P2S3. The molecule has 0 amide bonds. The molecule has 2 bridgehead atoms. The van der Waals surface area contributed by atoms with Gasteiger partial charge in [-0.2, -0.15) is 4.98 Å². The van der Waals surface area contributed by atoms with E-state index in [1.165, 1.54) is 23.4 Å². The zero-order valence-corrected chi connectivity index (χ0v) is 24.4. The van der Waals surface area contributed by atoms with Crippen LogP contribution >= 0.6 is 24.7 Å². The molecule has 41 heavy (non-hydrogen) atoms. The molecule has 4 aromatic heterocycles. The summed E-state index contributed by atoms with van der Waals surface area (Å²) in [6.07, 6.45) is -0.802. The van der Waals surface area contributed by atoms with Crippen molar-refractivity contribution in [2.45, 2.75) is 45.1 Å². The van der Waals surface area contributed by atoms with Crippen LogP contribution in [0.3, 0.4) is 0 Å². The van der Waals surface area contributed by atoms with Gasteiger partial charge in [-0.3, -0.25) is 18.9 Å². The number of anilines is 1. The average molecular weight is 666 g/mol.